The molecular formula is C28H49N11O5. The zero-order chi connectivity index (χ0) is 32.9. The highest BCUT2D eigenvalue weighted by molar-refractivity contribution is 5.93. The molecule has 0 saturated carbocycles. The van der Waals surface area contributed by atoms with Gasteiger partial charge in [-0.3, -0.25) is 19.4 Å². The van der Waals surface area contributed by atoms with Gasteiger partial charge in [0.05, 0.1) is 13.0 Å². The summed E-state index contributed by atoms with van der Waals surface area (Å²) in [4.78, 5) is 59.0. The van der Waals surface area contributed by atoms with E-state index in [-0.39, 0.29) is 43.6 Å². The van der Waals surface area contributed by atoms with Crippen LogP contribution in [-0.4, -0.2) is 78.5 Å². The summed E-state index contributed by atoms with van der Waals surface area (Å²) >= 11 is 0. The first-order valence-corrected chi connectivity index (χ1v) is 14.7. The van der Waals surface area contributed by atoms with Gasteiger partial charge in [-0.15, -0.1) is 0 Å². The van der Waals surface area contributed by atoms with Crippen LogP contribution >= 0.6 is 0 Å². The van der Waals surface area contributed by atoms with Crippen molar-refractivity contribution in [2.45, 2.75) is 82.5 Å². The minimum absolute atomic E-state index is 0.0177. The SMILES string of the molecule is NCCCC[C@H](NC(=O)[C@@H](CCCCN)NC(=O)Cc1ccc(CN=C(N)N)cc1)C(=O)N[C@H](CCCN=C(N)N)C(=O)O. The monoisotopic (exact) mass is 619 g/mol. The van der Waals surface area contributed by atoms with Gasteiger partial charge < -0.3 is 55.5 Å². The molecule has 0 aromatic heterocycles. The molecule has 16 heteroatoms. The summed E-state index contributed by atoms with van der Waals surface area (Å²) in [6, 6.07) is 3.96. The molecule has 0 saturated heterocycles. The molecule has 1 aromatic rings. The number of carbonyl (C=O) groups is 4. The van der Waals surface area contributed by atoms with E-state index in [0.29, 0.717) is 58.2 Å². The van der Waals surface area contributed by atoms with Crippen LogP contribution in [0.3, 0.4) is 0 Å². The fourth-order valence-corrected chi connectivity index (χ4v) is 4.20. The summed E-state index contributed by atoms with van der Waals surface area (Å²) < 4.78 is 0. The highest BCUT2D eigenvalue weighted by atomic mass is 16.4. The van der Waals surface area contributed by atoms with Crippen molar-refractivity contribution in [1.29, 1.82) is 0 Å². The number of nitrogens with two attached hydrogens (primary N) is 6. The molecule has 0 heterocycles. The fraction of sp³-hybridized carbons (Fsp3) is 0.571. The number of nitrogens with zero attached hydrogens (tertiary/aromatic N) is 2. The Labute approximate surface area is 257 Å². The van der Waals surface area contributed by atoms with Crippen LogP contribution in [0.1, 0.15) is 62.5 Å². The zero-order valence-corrected chi connectivity index (χ0v) is 25.2. The van der Waals surface area contributed by atoms with Gasteiger partial charge in [0, 0.05) is 6.54 Å². The molecule has 0 aliphatic carbocycles. The quantitative estimate of drug-likeness (QED) is 0.0379. The predicted octanol–water partition coefficient (Wildman–Crippen LogP) is -2.15. The molecule has 16 N–H and O–H groups in total. The molecule has 16 nitrogen and oxygen atoms in total. The van der Waals surface area contributed by atoms with Gasteiger partial charge in [-0.1, -0.05) is 24.3 Å². The first kappa shape index (κ1) is 37.6. The fourth-order valence-electron chi connectivity index (χ4n) is 4.20. The minimum atomic E-state index is -1.23. The van der Waals surface area contributed by atoms with E-state index < -0.39 is 35.9 Å². The van der Waals surface area contributed by atoms with Crippen molar-refractivity contribution >= 4 is 35.6 Å². The predicted molar refractivity (Wildman–Crippen MR) is 169 cm³/mol. The lowest BCUT2D eigenvalue weighted by atomic mass is 10.0. The number of guanidine groups is 2. The van der Waals surface area contributed by atoms with Crippen LogP contribution in [0.4, 0.5) is 0 Å². The Bertz CT molecular complexity index is 1100. The van der Waals surface area contributed by atoms with E-state index in [1.807, 2.05) is 0 Å². The van der Waals surface area contributed by atoms with Crippen molar-refractivity contribution in [3.8, 4) is 0 Å². The van der Waals surface area contributed by atoms with Crippen molar-refractivity contribution in [1.82, 2.24) is 16.0 Å². The largest absolute Gasteiger partial charge is 0.480 e. The topological polar surface area (TPSA) is 305 Å². The lowest BCUT2D eigenvalue weighted by molar-refractivity contribution is -0.142. The number of benzene rings is 1. The van der Waals surface area contributed by atoms with Gasteiger partial charge in [0.2, 0.25) is 17.7 Å². The number of carboxylic acids is 1. The van der Waals surface area contributed by atoms with Crippen molar-refractivity contribution in [3.05, 3.63) is 35.4 Å². The molecule has 1 rings (SSSR count). The van der Waals surface area contributed by atoms with E-state index in [1.165, 1.54) is 0 Å². The number of unbranched alkanes of at least 4 members (excludes halogenated alkanes) is 2. The normalized spacial score (nSPS) is 12.7. The van der Waals surface area contributed by atoms with Gasteiger partial charge in [-0.05, 0) is 75.6 Å². The summed E-state index contributed by atoms with van der Waals surface area (Å²) in [5.41, 5.74) is 34.1. The lowest BCUT2D eigenvalue weighted by Crippen LogP contribution is -2.55. The molecule has 246 valence electrons. The van der Waals surface area contributed by atoms with Crippen molar-refractivity contribution in [3.63, 3.8) is 0 Å². The molecule has 0 aliphatic heterocycles. The Morgan fingerprint density at radius 3 is 1.64 bits per heavy atom. The lowest BCUT2D eigenvalue weighted by Gasteiger charge is -2.25. The number of aliphatic imine (C=N–C) groups is 2. The van der Waals surface area contributed by atoms with Crippen molar-refractivity contribution in [2.24, 2.45) is 44.4 Å². The molecule has 44 heavy (non-hydrogen) atoms. The second-order valence-electron chi connectivity index (χ2n) is 10.3. The average molecular weight is 620 g/mol. The molecule has 0 fully saturated rings. The number of amides is 3. The molecule has 1 aromatic carbocycles. The van der Waals surface area contributed by atoms with Crippen LogP contribution in [-0.2, 0) is 32.1 Å². The number of hydrogen-bond donors (Lipinski definition) is 10. The van der Waals surface area contributed by atoms with Gasteiger partial charge in [0.1, 0.15) is 18.1 Å². The summed E-state index contributed by atoms with van der Waals surface area (Å²) in [5.74, 6) is -2.97. The molecule has 0 bridgehead atoms. The second kappa shape index (κ2) is 21.3. The molecule has 0 radical (unpaired) electrons. The standard InChI is InChI=1S/C28H49N11O5/c29-13-3-1-6-20(37-23(40)16-18-9-11-19(12-10-18)17-36-28(33)34)24(41)38-21(7-2-4-14-30)25(42)39-22(26(43)44)8-5-15-35-27(31)32/h9-12,20-22H,1-8,13-17,29-30H2,(H,37,40)(H,38,41)(H,39,42)(H,43,44)(H4,31,32,35)(H4,33,34,36)/t20-,21+,22-/m1/s1. The number of carboxylic acid groups (broad SMARTS) is 1. The Balaban J connectivity index is 2.96. The smallest absolute Gasteiger partial charge is 0.326 e. The summed E-state index contributed by atoms with van der Waals surface area (Å²) in [6.07, 6.45) is 3.25. The van der Waals surface area contributed by atoms with E-state index in [9.17, 15) is 24.3 Å². The summed E-state index contributed by atoms with van der Waals surface area (Å²) in [6.45, 7) is 1.31. The van der Waals surface area contributed by atoms with Crippen LogP contribution in [0.25, 0.3) is 0 Å². The van der Waals surface area contributed by atoms with E-state index in [1.54, 1.807) is 24.3 Å². The maximum atomic E-state index is 13.4. The molecule has 0 spiro atoms. The summed E-state index contributed by atoms with van der Waals surface area (Å²) in [5, 5.41) is 17.6. The second-order valence-corrected chi connectivity index (χ2v) is 10.3. The number of carbonyl (C=O) groups excluding carboxylic acids is 3. The van der Waals surface area contributed by atoms with Gasteiger partial charge in [-0.2, -0.15) is 0 Å². The van der Waals surface area contributed by atoms with Gasteiger partial charge in [0.25, 0.3) is 0 Å². The number of aliphatic carboxylic acids is 1. The molecule has 3 atom stereocenters. The third kappa shape index (κ3) is 16.3. The van der Waals surface area contributed by atoms with E-state index in [2.05, 4.69) is 25.9 Å². The van der Waals surface area contributed by atoms with Gasteiger partial charge in [0.15, 0.2) is 11.9 Å². The first-order valence-electron chi connectivity index (χ1n) is 14.7. The van der Waals surface area contributed by atoms with E-state index in [0.717, 1.165) is 11.1 Å². The molecule has 0 aliphatic rings. The highest BCUT2D eigenvalue weighted by Crippen LogP contribution is 2.09. The van der Waals surface area contributed by atoms with Crippen LogP contribution in [0.2, 0.25) is 0 Å². The number of rotatable bonds is 22. The van der Waals surface area contributed by atoms with Crippen LogP contribution in [0, 0.1) is 0 Å². The van der Waals surface area contributed by atoms with Crippen LogP contribution < -0.4 is 50.4 Å². The zero-order valence-electron chi connectivity index (χ0n) is 25.2. The van der Waals surface area contributed by atoms with Gasteiger partial charge >= 0.3 is 5.97 Å². The molecule has 3 amide bonds. The van der Waals surface area contributed by atoms with Crippen LogP contribution in [0.15, 0.2) is 34.3 Å². The Morgan fingerprint density at radius 2 is 1.14 bits per heavy atom. The number of nitrogens with one attached hydrogen (secondary N) is 3. The van der Waals surface area contributed by atoms with Crippen molar-refractivity contribution in [2.75, 3.05) is 19.6 Å². The third-order valence-corrected chi connectivity index (χ3v) is 6.57. The molecule has 0 unspecified atom stereocenters. The maximum Gasteiger partial charge on any atom is 0.326 e. The van der Waals surface area contributed by atoms with E-state index in [4.69, 9.17) is 34.4 Å². The van der Waals surface area contributed by atoms with Crippen LogP contribution in [0.5, 0.6) is 0 Å². The van der Waals surface area contributed by atoms with E-state index >= 15 is 0 Å². The molecular weight excluding hydrogens is 570 g/mol. The number of hydrogen-bond acceptors (Lipinski definition) is 8. The Kier molecular flexibility index (Phi) is 18.2. The highest BCUT2D eigenvalue weighted by Gasteiger charge is 2.29. The van der Waals surface area contributed by atoms with Gasteiger partial charge in [-0.25, -0.2) is 9.79 Å². The summed E-state index contributed by atoms with van der Waals surface area (Å²) in [7, 11) is 0. The Hall–Kier alpha value is -4.44. The minimum Gasteiger partial charge on any atom is -0.480 e. The average Bonchev–Trinajstić information content (AvgIpc) is 2.97. The maximum absolute atomic E-state index is 13.4. The van der Waals surface area contributed by atoms with Crippen molar-refractivity contribution < 1.29 is 24.3 Å². The first-order chi connectivity index (χ1) is 21.0. The Morgan fingerprint density at radius 1 is 0.659 bits per heavy atom. The third-order valence-electron chi connectivity index (χ3n) is 6.57.